The average Bonchev–Trinajstić information content (AvgIpc) is 2.97. The second kappa shape index (κ2) is 8.02. The van der Waals surface area contributed by atoms with Gasteiger partial charge in [-0.1, -0.05) is 74.7 Å². The summed E-state index contributed by atoms with van der Waals surface area (Å²) in [6.07, 6.45) is 8.36. The third-order valence-corrected chi connectivity index (χ3v) is 11.9. The summed E-state index contributed by atoms with van der Waals surface area (Å²) < 4.78 is 0. The monoisotopic (exact) mass is 456 g/mol. The van der Waals surface area contributed by atoms with Gasteiger partial charge in [0.2, 0.25) is 0 Å². The molecule has 0 N–H and O–H groups in total. The van der Waals surface area contributed by atoms with Crippen LogP contribution in [0.15, 0.2) is 0 Å². The van der Waals surface area contributed by atoms with E-state index in [1.165, 1.54) is 19.3 Å². The first kappa shape index (κ1) is 25.1. The summed E-state index contributed by atoms with van der Waals surface area (Å²) in [6, 6.07) is 0. The van der Waals surface area contributed by atoms with Gasteiger partial charge in [0.25, 0.3) is 0 Å². The van der Waals surface area contributed by atoms with E-state index in [0.29, 0.717) is 36.9 Å². The molecule has 4 fully saturated rings. The molecule has 186 valence electrons. The van der Waals surface area contributed by atoms with E-state index in [1.807, 2.05) is 13.8 Å². The summed E-state index contributed by atoms with van der Waals surface area (Å²) in [6.45, 7) is 18.0. The van der Waals surface area contributed by atoms with E-state index < -0.39 is 5.41 Å². The Morgan fingerprint density at radius 1 is 0.848 bits per heavy atom. The second-order valence-electron chi connectivity index (χ2n) is 14.3. The lowest BCUT2D eigenvalue weighted by atomic mass is 9.37. The Kier molecular flexibility index (Phi) is 6.10. The maximum absolute atomic E-state index is 14.1. The highest BCUT2D eigenvalue weighted by Crippen LogP contribution is 2.73. The molecule has 4 saturated carbocycles. The molecule has 0 aliphatic heterocycles. The Hall–Kier alpha value is -0.990. The molecule has 0 bridgehead atoms. The van der Waals surface area contributed by atoms with Gasteiger partial charge in [-0.25, -0.2) is 0 Å². The van der Waals surface area contributed by atoms with Crippen LogP contribution in [0.25, 0.3) is 0 Å². The zero-order valence-electron chi connectivity index (χ0n) is 22.6. The number of carbonyl (C=O) groups is 3. The van der Waals surface area contributed by atoms with Crippen molar-refractivity contribution in [2.24, 2.45) is 57.2 Å². The predicted molar refractivity (Wildman–Crippen MR) is 133 cm³/mol. The Balaban J connectivity index is 1.68. The third kappa shape index (κ3) is 3.45. The molecule has 3 nitrogen and oxygen atoms in total. The number of carbonyl (C=O) groups excluding carboxylic acids is 3. The summed E-state index contributed by atoms with van der Waals surface area (Å²) in [5.41, 5.74) is -0.961. The Labute approximate surface area is 202 Å². The zero-order valence-corrected chi connectivity index (χ0v) is 22.6. The van der Waals surface area contributed by atoms with Crippen LogP contribution in [-0.2, 0) is 14.4 Å². The molecule has 3 heteroatoms. The van der Waals surface area contributed by atoms with Crippen molar-refractivity contribution >= 4 is 17.3 Å². The number of Topliss-reactive ketones (excluding diaryl/α,β-unsaturated/α-hetero) is 3. The van der Waals surface area contributed by atoms with Gasteiger partial charge < -0.3 is 0 Å². The standard InChI is InChI=1S/C30H48O3/c1-18(2)10-9-11-19(3)20-12-15-29(7)26-21(31)16-23-27(4,5)24(33)13-14-28(23,6)25(26)22(32)17-30(20,29)8/h18-20,23,25-26H,9-17H2,1-8H3/t19-,20-,23+,25+,26-,28+,29+,30-/m1/s1. The van der Waals surface area contributed by atoms with Crippen molar-refractivity contribution in [3.05, 3.63) is 0 Å². The van der Waals surface area contributed by atoms with Gasteiger partial charge in [0.05, 0.1) is 0 Å². The number of ketones is 3. The quantitative estimate of drug-likeness (QED) is 0.445. The molecule has 8 atom stereocenters. The molecule has 0 saturated heterocycles. The minimum absolute atomic E-state index is 0.0101. The summed E-state index contributed by atoms with van der Waals surface area (Å²) in [5.74, 6) is 2.34. The van der Waals surface area contributed by atoms with Gasteiger partial charge in [-0.3, -0.25) is 14.4 Å². The van der Waals surface area contributed by atoms with Crippen LogP contribution in [0, 0.1) is 57.2 Å². The van der Waals surface area contributed by atoms with E-state index in [9.17, 15) is 14.4 Å². The molecule has 0 unspecified atom stereocenters. The van der Waals surface area contributed by atoms with Crippen molar-refractivity contribution in [2.45, 2.75) is 113 Å². The fourth-order valence-electron chi connectivity index (χ4n) is 9.69. The summed E-state index contributed by atoms with van der Waals surface area (Å²) in [7, 11) is 0. The van der Waals surface area contributed by atoms with Gasteiger partial charge in [0, 0.05) is 36.5 Å². The highest BCUT2D eigenvalue weighted by atomic mass is 16.1. The van der Waals surface area contributed by atoms with Crippen molar-refractivity contribution < 1.29 is 14.4 Å². The van der Waals surface area contributed by atoms with Crippen LogP contribution in [0.2, 0.25) is 0 Å². The fourth-order valence-corrected chi connectivity index (χ4v) is 9.69. The van der Waals surface area contributed by atoms with Crippen molar-refractivity contribution in [1.82, 2.24) is 0 Å². The van der Waals surface area contributed by atoms with Gasteiger partial charge >= 0.3 is 0 Å². The van der Waals surface area contributed by atoms with Gasteiger partial charge in [-0.05, 0) is 59.2 Å². The third-order valence-electron chi connectivity index (χ3n) is 11.9. The van der Waals surface area contributed by atoms with Gasteiger partial charge in [0.15, 0.2) is 0 Å². The van der Waals surface area contributed by atoms with Crippen molar-refractivity contribution in [2.75, 3.05) is 0 Å². The number of hydrogen-bond donors (Lipinski definition) is 0. The van der Waals surface area contributed by atoms with Crippen LogP contribution in [-0.4, -0.2) is 17.3 Å². The van der Waals surface area contributed by atoms with E-state index in [0.717, 1.165) is 25.2 Å². The predicted octanol–water partition coefficient (Wildman–Crippen LogP) is 7.06. The molecule has 0 spiro atoms. The normalized spacial score (nSPS) is 45.5. The summed E-state index contributed by atoms with van der Waals surface area (Å²) in [4.78, 5) is 40.8. The lowest BCUT2D eigenvalue weighted by Gasteiger charge is -2.64. The average molecular weight is 457 g/mol. The van der Waals surface area contributed by atoms with E-state index in [2.05, 4.69) is 41.5 Å². The Morgan fingerprint density at radius 3 is 2.15 bits per heavy atom. The molecule has 0 heterocycles. The van der Waals surface area contributed by atoms with Crippen LogP contribution >= 0.6 is 0 Å². The Bertz CT molecular complexity index is 839. The first-order valence-electron chi connectivity index (χ1n) is 13.8. The molecule has 0 aromatic carbocycles. The lowest BCUT2D eigenvalue weighted by molar-refractivity contribution is -0.191. The second-order valence-corrected chi connectivity index (χ2v) is 14.3. The Morgan fingerprint density at radius 2 is 1.52 bits per heavy atom. The molecule has 4 rings (SSSR count). The van der Waals surface area contributed by atoms with Crippen molar-refractivity contribution in [3.63, 3.8) is 0 Å². The largest absolute Gasteiger partial charge is 0.299 e. The molecule has 0 aromatic heterocycles. The fraction of sp³-hybridized carbons (Fsp3) is 0.900. The molecule has 4 aliphatic rings. The van der Waals surface area contributed by atoms with E-state index in [4.69, 9.17) is 0 Å². The molecule has 0 amide bonds. The van der Waals surface area contributed by atoms with Crippen LogP contribution in [0.3, 0.4) is 0 Å². The first-order chi connectivity index (χ1) is 15.2. The van der Waals surface area contributed by atoms with Crippen LogP contribution < -0.4 is 0 Å². The van der Waals surface area contributed by atoms with Crippen LogP contribution in [0.4, 0.5) is 0 Å². The minimum Gasteiger partial charge on any atom is -0.299 e. The minimum atomic E-state index is -0.515. The zero-order chi connectivity index (χ0) is 24.6. The van der Waals surface area contributed by atoms with Gasteiger partial charge in [0.1, 0.15) is 17.3 Å². The smallest absolute Gasteiger partial charge is 0.138 e. The summed E-state index contributed by atoms with van der Waals surface area (Å²) >= 11 is 0. The van der Waals surface area contributed by atoms with Gasteiger partial charge in [-0.15, -0.1) is 0 Å². The number of fused-ring (bicyclic) bond motifs is 5. The molecular weight excluding hydrogens is 408 g/mol. The molecule has 0 aromatic rings. The lowest BCUT2D eigenvalue weighted by Crippen LogP contribution is -2.66. The molecule has 0 radical (unpaired) electrons. The van der Waals surface area contributed by atoms with Crippen molar-refractivity contribution in [3.8, 4) is 0 Å². The molecule has 33 heavy (non-hydrogen) atoms. The first-order valence-corrected chi connectivity index (χ1v) is 13.8. The van der Waals surface area contributed by atoms with E-state index in [1.54, 1.807) is 0 Å². The maximum Gasteiger partial charge on any atom is 0.138 e. The summed E-state index contributed by atoms with van der Waals surface area (Å²) in [5, 5.41) is 0. The number of rotatable bonds is 5. The van der Waals surface area contributed by atoms with E-state index in [-0.39, 0.29) is 45.6 Å². The van der Waals surface area contributed by atoms with Gasteiger partial charge in [-0.2, -0.15) is 0 Å². The molecule has 4 aliphatic carbocycles. The highest BCUT2D eigenvalue weighted by Gasteiger charge is 2.72. The topological polar surface area (TPSA) is 51.2 Å². The van der Waals surface area contributed by atoms with Crippen LogP contribution in [0.1, 0.15) is 113 Å². The number of hydrogen-bond acceptors (Lipinski definition) is 3. The molecular formula is C30H48O3. The maximum atomic E-state index is 14.1. The van der Waals surface area contributed by atoms with E-state index >= 15 is 0 Å². The highest BCUT2D eigenvalue weighted by molar-refractivity contribution is 5.96. The van der Waals surface area contributed by atoms with Crippen LogP contribution in [0.5, 0.6) is 0 Å². The van der Waals surface area contributed by atoms with Crippen molar-refractivity contribution in [1.29, 1.82) is 0 Å². The SMILES string of the molecule is CC(C)CCC[C@@H](C)[C@H]1CC[C@@]2(C)[C@@H]3C(=O)C[C@H]4C(C)(C)C(=O)CC[C@]4(C)[C@H]3C(=O)C[C@]12C.